The highest BCUT2D eigenvalue weighted by atomic mass is 16.5. The Balaban J connectivity index is 2.99. The summed E-state index contributed by atoms with van der Waals surface area (Å²) in [4.78, 5) is 0. The minimum absolute atomic E-state index is 0.106. The molecule has 0 aliphatic heterocycles. The van der Waals surface area contributed by atoms with Gasteiger partial charge in [-0.2, -0.15) is 5.10 Å². The van der Waals surface area contributed by atoms with Crippen LogP contribution >= 0.6 is 0 Å². The predicted molar refractivity (Wildman–Crippen MR) is 84.0 cm³/mol. The molecule has 1 aromatic heterocycles. The van der Waals surface area contributed by atoms with Crippen LogP contribution in [-0.4, -0.2) is 28.5 Å². The molecule has 0 bridgehead atoms. The number of hydrogen-bond acceptors (Lipinski definition) is 3. The summed E-state index contributed by atoms with van der Waals surface area (Å²) in [7, 11) is 1.77. The van der Waals surface area contributed by atoms with E-state index in [0.29, 0.717) is 0 Å². The number of rotatable bonds is 8. The van der Waals surface area contributed by atoms with E-state index in [4.69, 9.17) is 15.6 Å². The van der Waals surface area contributed by atoms with Crippen molar-refractivity contribution in [2.75, 3.05) is 7.11 Å². The first-order valence-corrected chi connectivity index (χ1v) is 7.72. The zero-order valence-corrected chi connectivity index (χ0v) is 14.0. The topological polar surface area (TPSA) is 53.1 Å². The molecular weight excluding hydrogens is 250 g/mol. The molecule has 0 aromatic carbocycles. The average Bonchev–Trinajstić information content (AvgIpc) is 2.73. The first-order chi connectivity index (χ1) is 9.34. The maximum absolute atomic E-state index is 5.99. The van der Waals surface area contributed by atoms with Gasteiger partial charge in [-0.15, -0.1) is 0 Å². The zero-order valence-electron chi connectivity index (χ0n) is 14.0. The lowest BCUT2D eigenvalue weighted by atomic mass is 10.0. The third-order valence-electron chi connectivity index (χ3n) is 3.92. The number of methoxy groups -OCH3 is 1. The summed E-state index contributed by atoms with van der Waals surface area (Å²) < 4.78 is 7.66. The van der Waals surface area contributed by atoms with Crippen LogP contribution in [0.1, 0.15) is 58.0 Å². The Bertz CT molecular complexity index is 422. The number of hydrogen-bond donors (Lipinski definition) is 1. The molecule has 116 valence electrons. The van der Waals surface area contributed by atoms with Gasteiger partial charge < -0.3 is 10.5 Å². The molecule has 0 aliphatic rings. The van der Waals surface area contributed by atoms with Crippen LogP contribution in [0.2, 0.25) is 0 Å². The molecule has 0 saturated heterocycles. The maximum Gasteiger partial charge on any atom is 0.0657 e. The molecule has 0 saturated carbocycles. The summed E-state index contributed by atoms with van der Waals surface area (Å²) in [5, 5.41) is 4.80. The van der Waals surface area contributed by atoms with Gasteiger partial charge in [-0.1, -0.05) is 13.8 Å². The first-order valence-electron chi connectivity index (χ1n) is 7.72. The van der Waals surface area contributed by atoms with Crippen molar-refractivity contribution < 1.29 is 4.74 Å². The third kappa shape index (κ3) is 4.32. The minimum atomic E-state index is -0.106. The molecule has 1 aromatic rings. The Hall–Kier alpha value is -0.870. The van der Waals surface area contributed by atoms with Gasteiger partial charge in [-0.05, 0) is 52.0 Å². The van der Waals surface area contributed by atoms with Crippen molar-refractivity contribution in [2.24, 2.45) is 5.73 Å². The highest BCUT2D eigenvalue weighted by Crippen LogP contribution is 2.21. The van der Waals surface area contributed by atoms with E-state index in [9.17, 15) is 0 Å². The number of nitrogens with two attached hydrogens (primary N) is 1. The molecule has 4 nitrogen and oxygen atoms in total. The van der Waals surface area contributed by atoms with E-state index < -0.39 is 0 Å². The number of aromatic nitrogens is 2. The first kappa shape index (κ1) is 17.2. The lowest BCUT2D eigenvalue weighted by molar-refractivity contribution is 0.0111. The average molecular weight is 281 g/mol. The van der Waals surface area contributed by atoms with Gasteiger partial charge in [0, 0.05) is 25.4 Å². The smallest absolute Gasteiger partial charge is 0.0657 e. The quantitative estimate of drug-likeness (QED) is 0.797. The van der Waals surface area contributed by atoms with E-state index in [0.717, 1.165) is 32.2 Å². The van der Waals surface area contributed by atoms with E-state index in [2.05, 4.69) is 39.3 Å². The Kier molecular flexibility index (Phi) is 6.21. The third-order valence-corrected chi connectivity index (χ3v) is 3.92. The molecule has 0 spiro atoms. The van der Waals surface area contributed by atoms with Crippen molar-refractivity contribution >= 4 is 0 Å². The van der Waals surface area contributed by atoms with Crippen LogP contribution in [0.15, 0.2) is 0 Å². The van der Waals surface area contributed by atoms with Crippen LogP contribution < -0.4 is 5.73 Å². The lowest BCUT2D eigenvalue weighted by Gasteiger charge is -2.23. The molecular formula is C16H31N3O. The Labute approximate surface area is 123 Å². The molecule has 1 unspecified atom stereocenters. The summed E-state index contributed by atoms with van der Waals surface area (Å²) in [6, 6.07) is 0.179. The van der Waals surface area contributed by atoms with Crippen LogP contribution in [0, 0.1) is 0 Å². The largest absolute Gasteiger partial charge is 0.379 e. The van der Waals surface area contributed by atoms with Crippen molar-refractivity contribution in [1.82, 2.24) is 9.78 Å². The molecule has 4 heteroatoms. The van der Waals surface area contributed by atoms with Gasteiger partial charge >= 0.3 is 0 Å². The van der Waals surface area contributed by atoms with Gasteiger partial charge in [0.25, 0.3) is 0 Å². The summed E-state index contributed by atoms with van der Waals surface area (Å²) in [5.74, 6) is 0. The molecule has 20 heavy (non-hydrogen) atoms. The van der Waals surface area contributed by atoms with Crippen molar-refractivity contribution in [1.29, 1.82) is 0 Å². The van der Waals surface area contributed by atoms with Crippen LogP contribution in [0.3, 0.4) is 0 Å². The molecule has 2 N–H and O–H groups in total. The van der Waals surface area contributed by atoms with Gasteiger partial charge in [-0.3, -0.25) is 4.68 Å². The minimum Gasteiger partial charge on any atom is -0.379 e. The van der Waals surface area contributed by atoms with Crippen molar-refractivity contribution in [3.05, 3.63) is 17.0 Å². The molecule has 0 amide bonds. The van der Waals surface area contributed by atoms with Crippen LogP contribution in [0.5, 0.6) is 0 Å². The second kappa shape index (κ2) is 7.23. The molecule has 1 heterocycles. The maximum atomic E-state index is 5.99. The molecule has 1 rings (SSSR count). The van der Waals surface area contributed by atoms with Crippen LogP contribution in [0.25, 0.3) is 0 Å². The summed E-state index contributed by atoms with van der Waals surface area (Å²) in [6.07, 6.45) is 3.84. The Morgan fingerprint density at radius 3 is 2.40 bits per heavy atom. The monoisotopic (exact) mass is 281 g/mol. The number of nitrogens with zero attached hydrogens (tertiary/aromatic N) is 2. The summed E-state index contributed by atoms with van der Waals surface area (Å²) in [5.41, 5.74) is 9.79. The van der Waals surface area contributed by atoms with Crippen molar-refractivity contribution in [3.63, 3.8) is 0 Å². The van der Waals surface area contributed by atoms with Gasteiger partial charge in [-0.25, -0.2) is 0 Å². The number of ether oxygens (including phenoxy) is 1. The normalized spacial score (nSPS) is 13.8. The second-order valence-electron chi connectivity index (χ2n) is 6.20. The fourth-order valence-corrected chi connectivity index (χ4v) is 2.49. The molecule has 0 aliphatic carbocycles. The highest BCUT2D eigenvalue weighted by molar-refractivity contribution is 5.27. The van der Waals surface area contributed by atoms with Gasteiger partial charge in [0.05, 0.1) is 11.3 Å². The molecule has 0 fully saturated rings. The predicted octanol–water partition coefficient (Wildman–Crippen LogP) is 2.71. The van der Waals surface area contributed by atoms with E-state index in [-0.39, 0.29) is 11.6 Å². The Morgan fingerprint density at radius 1 is 1.30 bits per heavy atom. The lowest BCUT2D eigenvalue weighted by Crippen LogP contribution is -2.25. The van der Waals surface area contributed by atoms with Crippen molar-refractivity contribution in [3.8, 4) is 0 Å². The summed E-state index contributed by atoms with van der Waals surface area (Å²) >= 11 is 0. The fourth-order valence-electron chi connectivity index (χ4n) is 2.49. The summed E-state index contributed by atoms with van der Waals surface area (Å²) in [6.45, 7) is 11.5. The SMILES string of the molecule is CCc1nn(CCC(C)(C)OC)c(CC)c1CC(C)N. The number of aryl methyl sites for hydroxylation is 2. The van der Waals surface area contributed by atoms with Crippen LogP contribution in [0.4, 0.5) is 0 Å². The van der Waals surface area contributed by atoms with Crippen molar-refractivity contribution in [2.45, 2.75) is 78.5 Å². The van der Waals surface area contributed by atoms with E-state index in [1.54, 1.807) is 7.11 Å². The van der Waals surface area contributed by atoms with Gasteiger partial charge in [0.1, 0.15) is 0 Å². The Morgan fingerprint density at radius 2 is 1.95 bits per heavy atom. The molecule has 0 radical (unpaired) electrons. The van der Waals surface area contributed by atoms with E-state index in [1.165, 1.54) is 17.0 Å². The van der Waals surface area contributed by atoms with Crippen LogP contribution in [-0.2, 0) is 30.5 Å². The fraction of sp³-hybridized carbons (Fsp3) is 0.812. The zero-order chi connectivity index (χ0) is 15.3. The van der Waals surface area contributed by atoms with E-state index in [1.807, 2.05) is 0 Å². The standard InChI is InChI=1S/C16H31N3O/c1-7-14-13(11-12(3)17)15(8-2)19(18-14)10-9-16(4,5)20-6/h12H,7-11,17H2,1-6H3. The van der Waals surface area contributed by atoms with Gasteiger partial charge in [0.15, 0.2) is 0 Å². The molecule has 1 atom stereocenters. The van der Waals surface area contributed by atoms with E-state index >= 15 is 0 Å². The van der Waals surface area contributed by atoms with Gasteiger partial charge in [0.2, 0.25) is 0 Å². The highest BCUT2D eigenvalue weighted by Gasteiger charge is 2.20. The second-order valence-corrected chi connectivity index (χ2v) is 6.20.